The summed E-state index contributed by atoms with van der Waals surface area (Å²) in [7, 11) is 0. The van der Waals surface area contributed by atoms with Gasteiger partial charge >= 0.3 is 0 Å². The summed E-state index contributed by atoms with van der Waals surface area (Å²) in [5, 5.41) is 8.33. The number of rotatable bonds is 4. The SMILES string of the molecule is O=c1[nH]c(N2CCN(c3ccccc3F)CC2)nnc1Cc1ccccc1. The molecular formula is C20H20FN5O. The number of benzene rings is 2. The number of hydrogen-bond acceptors (Lipinski definition) is 5. The molecular weight excluding hydrogens is 345 g/mol. The molecule has 0 bridgehead atoms. The van der Waals surface area contributed by atoms with Crippen LogP contribution in [0.5, 0.6) is 0 Å². The zero-order valence-electron chi connectivity index (χ0n) is 14.8. The van der Waals surface area contributed by atoms with Crippen molar-refractivity contribution in [1.82, 2.24) is 15.2 Å². The zero-order chi connectivity index (χ0) is 18.6. The molecule has 0 radical (unpaired) electrons. The molecule has 0 unspecified atom stereocenters. The fraction of sp³-hybridized carbons (Fsp3) is 0.250. The molecule has 27 heavy (non-hydrogen) atoms. The molecule has 0 saturated carbocycles. The predicted octanol–water partition coefficient (Wildman–Crippen LogP) is 2.22. The molecule has 1 saturated heterocycles. The lowest BCUT2D eigenvalue weighted by Gasteiger charge is -2.36. The predicted molar refractivity (Wildman–Crippen MR) is 103 cm³/mol. The molecule has 6 nitrogen and oxygen atoms in total. The average Bonchev–Trinajstić information content (AvgIpc) is 2.71. The van der Waals surface area contributed by atoms with Crippen LogP contribution in [-0.2, 0) is 6.42 Å². The number of H-pyrrole nitrogens is 1. The highest BCUT2D eigenvalue weighted by Crippen LogP contribution is 2.21. The lowest BCUT2D eigenvalue weighted by molar-refractivity contribution is 0.591. The summed E-state index contributed by atoms with van der Waals surface area (Å²) in [5.41, 5.74) is 1.80. The first-order valence-corrected chi connectivity index (χ1v) is 8.95. The van der Waals surface area contributed by atoms with Gasteiger partial charge in [0.05, 0.1) is 5.69 Å². The minimum atomic E-state index is -0.222. The van der Waals surface area contributed by atoms with Crippen LogP contribution in [0, 0.1) is 5.82 Å². The Morgan fingerprint density at radius 2 is 1.56 bits per heavy atom. The maximum absolute atomic E-state index is 13.9. The van der Waals surface area contributed by atoms with E-state index in [0.29, 0.717) is 49.9 Å². The van der Waals surface area contributed by atoms with Gasteiger partial charge < -0.3 is 9.80 Å². The van der Waals surface area contributed by atoms with Crippen molar-refractivity contribution in [1.29, 1.82) is 0 Å². The quantitative estimate of drug-likeness (QED) is 0.768. The van der Waals surface area contributed by atoms with Crippen LogP contribution >= 0.6 is 0 Å². The molecule has 0 aliphatic carbocycles. The van der Waals surface area contributed by atoms with Gasteiger partial charge in [-0.05, 0) is 17.7 Å². The highest BCUT2D eigenvalue weighted by Gasteiger charge is 2.21. The largest absolute Gasteiger partial charge is 0.366 e. The van der Waals surface area contributed by atoms with Crippen molar-refractivity contribution in [2.45, 2.75) is 6.42 Å². The molecule has 1 fully saturated rings. The zero-order valence-corrected chi connectivity index (χ0v) is 14.8. The Balaban J connectivity index is 1.44. The van der Waals surface area contributed by atoms with Crippen molar-refractivity contribution in [2.24, 2.45) is 0 Å². The number of nitrogens with one attached hydrogen (secondary N) is 1. The summed E-state index contributed by atoms with van der Waals surface area (Å²) < 4.78 is 13.9. The summed E-state index contributed by atoms with van der Waals surface area (Å²) in [6.07, 6.45) is 0.449. The molecule has 7 heteroatoms. The van der Waals surface area contributed by atoms with Gasteiger partial charge in [-0.15, -0.1) is 10.2 Å². The van der Waals surface area contributed by atoms with Gasteiger partial charge in [0.2, 0.25) is 5.95 Å². The van der Waals surface area contributed by atoms with Crippen molar-refractivity contribution in [3.8, 4) is 0 Å². The summed E-state index contributed by atoms with van der Waals surface area (Å²) >= 11 is 0. The van der Waals surface area contributed by atoms with E-state index in [2.05, 4.69) is 15.2 Å². The van der Waals surface area contributed by atoms with Crippen molar-refractivity contribution in [2.75, 3.05) is 36.0 Å². The van der Waals surface area contributed by atoms with Gasteiger partial charge in [0, 0.05) is 32.6 Å². The number of anilines is 2. The van der Waals surface area contributed by atoms with Crippen LogP contribution in [0.1, 0.15) is 11.3 Å². The molecule has 1 aliphatic heterocycles. The maximum atomic E-state index is 13.9. The second-order valence-electron chi connectivity index (χ2n) is 6.51. The number of hydrogen-bond donors (Lipinski definition) is 1. The van der Waals surface area contributed by atoms with Crippen molar-refractivity contribution in [3.63, 3.8) is 0 Å². The van der Waals surface area contributed by atoms with Gasteiger partial charge in [-0.1, -0.05) is 42.5 Å². The molecule has 1 aliphatic rings. The van der Waals surface area contributed by atoms with Crippen LogP contribution in [0.4, 0.5) is 16.0 Å². The van der Waals surface area contributed by atoms with E-state index in [4.69, 9.17) is 0 Å². The van der Waals surface area contributed by atoms with Crippen LogP contribution in [0.25, 0.3) is 0 Å². The highest BCUT2D eigenvalue weighted by molar-refractivity contribution is 5.49. The van der Waals surface area contributed by atoms with Crippen LogP contribution < -0.4 is 15.4 Å². The van der Waals surface area contributed by atoms with E-state index in [9.17, 15) is 9.18 Å². The Hall–Kier alpha value is -3.22. The third-order valence-corrected chi connectivity index (χ3v) is 4.74. The van der Waals surface area contributed by atoms with Gasteiger partial charge in [-0.3, -0.25) is 9.78 Å². The van der Waals surface area contributed by atoms with E-state index in [1.807, 2.05) is 46.2 Å². The first kappa shape index (κ1) is 17.2. The third kappa shape index (κ3) is 3.81. The smallest absolute Gasteiger partial charge is 0.274 e. The molecule has 1 aromatic heterocycles. The summed E-state index contributed by atoms with van der Waals surface area (Å²) in [6, 6.07) is 16.5. The Morgan fingerprint density at radius 1 is 0.889 bits per heavy atom. The Labute approximate surface area is 156 Å². The van der Waals surface area contributed by atoms with E-state index in [-0.39, 0.29) is 11.4 Å². The molecule has 0 spiro atoms. The van der Waals surface area contributed by atoms with Gasteiger partial charge in [0.15, 0.2) is 0 Å². The van der Waals surface area contributed by atoms with E-state index in [1.54, 1.807) is 12.1 Å². The molecule has 2 aromatic carbocycles. The summed E-state index contributed by atoms with van der Waals surface area (Å²) in [6.45, 7) is 2.57. The van der Waals surface area contributed by atoms with Crippen LogP contribution in [-0.4, -0.2) is 41.4 Å². The first-order chi connectivity index (χ1) is 13.2. The average molecular weight is 365 g/mol. The van der Waals surface area contributed by atoms with E-state index in [0.717, 1.165) is 5.56 Å². The van der Waals surface area contributed by atoms with Crippen molar-refractivity contribution in [3.05, 3.63) is 82.0 Å². The molecule has 3 aromatic rings. The fourth-order valence-electron chi connectivity index (χ4n) is 3.27. The number of piperazine rings is 1. The van der Waals surface area contributed by atoms with Crippen molar-refractivity contribution < 1.29 is 4.39 Å². The lowest BCUT2D eigenvalue weighted by atomic mass is 10.1. The van der Waals surface area contributed by atoms with E-state index in [1.165, 1.54) is 6.07 Å². The second-order valence-corrected chi connectivity index (χ2v) is 6.51. The van der Waals surface area contributed by atoms with Crippen molar-refractivity contribution >= 4 is 11.6 Å². The number of nitrogens with zero attached hydrogens (tertiary/aromatic N) is 4. The Kier molecular flexibility index (Phi) is 4.82. The minimum absolute atomic E-state index is 0.218. The summed E-state index contributed by atoms with van der Waals surface area (Å²) in [4.78, 5) is 19.2. The second kappa shape index (κ2) is 7.57. The molecule has 4 rings (SSSR count). The molecule has 0 amide bonds. The maximum Gasteiger partial charge on any atom is 0.274 e. The fourth-order valence-corrected chi connectivity index (χ4v) is 3.27. The Morgan fingerprint density at radius 3 is 2.26 bits per heavy atom. The van der Waals surface area contributed by atoms with E-state index < -0.39 is 0 Å². The normalized spacial score (nSPS) is 14.4. The standard InChI is InChI=1S/C20H20FN5O/c21-16-8-4-5-9-18(16)25-10-12-26(13-11-25)20-22-19(27)17(23-24-20)14-15-6-2-1-3-7-15/h1-9H,10-14H2,(H,22,24,27). The molecule has 138 valence electrons. The van der Waals surface area contributed by atoms with Gasteiger partial charge in [0.1, 0.15) is 11.5 Å². The van der Waals surface area contributed by atoms with Crippen LogP contribution in [0.15, 0.2) is 59.4 Å². The molecule has 2 heterocycles. The summed E-state index contributed by atoms with van der Waals surface area (Å²) in [5.74, 6) is 0.245. The Bertz CT molecular complexity index is 967. The van der Waals surface area contributed by atoms with E-state index >= 15 is 0 Å². The molecule has 1 N–H and O–H groups in total. The number of aromatic amines is 1. The number of aromatic nitrogens is 3. The van der Waals surface area contributed by atoms with Gasteiger partial charge in [-0.25, -0.2) is 4.39 Å². The highest BCUT2D eigenvalue weighted by atomic mass is 19.1. The number of para-hydroxylation sites is 1. The number of halogens is 1. The topological polar surface area (TPSA) is 65.1 Å². The molecule has 0 atom stereocenters. The lowest BCUT2D eigenvalue weighted by Crippen LogP contribution is -2.48. The first-order valence-electron chi connectivity index (χ1n) is 8.95. The minimum Gasteiger partial charge on any atom is -0.366 e. The van der Waals surface area contributed by atoms with Crippen LogP contribution in [0.3, 0.4) is 0 Å². The van der Waals surface area contributed by atoms with Gasteiger partial charge in [0.25, 0.3) is 5.56 Å². The monoisotopic (exact) mass is 365 g/mol. The van der Waals surface area contributed by atoms with Crippen LogP contribution in [0.2, 0.25) is 0 Å². The van der Waals surface area contributed by atoms with Gasteiger partial charge in [-0.2, -0.15) is 0 Å². The third-order valence-electron chi connectivity index (χ3n) is 4.74.